The van der Waals surface area contributed by atoms with Gasteiger partial charge < -0.3 is 15.7 Å². The largest absolute Gasteiger partial charge is 0.396 e. The Hall–Kier alpha value is -2.11. The standard InChI is InChI=1S/C17H18ClFN2O2/c18-14-11-13(19)8-9-16(14)21-17(23)20-15(7-4-10-22)12-5-2-1-3-6-12/h1-3,5-6,8-9,11,15,22H,4,7,10H2,(H2,20,21,23). The summed E-state index contributed by atoms with van der Waals surface area (Å²) in [6, 6.07) is 12.6. The zero-order valence-corrected chi connectivity index (χ0v) is 13.2. The first-order valence-electron chi connectivity index (χ1n) is 7.28. The fourth-order valence-corrected chi connectivity index (χ4v) is 2.42. The minimum atomic E-state index is -0.467. The van der Waals surface area contributed by atoms with Gasteiger partial charge >= 0.3 is 6.03 Å². The van der Waals surface area contributed by atoms with Crippen LogP contribution in [0, 0.1) is 5.82 Å². The van der Waals surface area contributed by atoms with Gasteiger partial charge in [-0.2, -0.15) is 0 Å². The highest BCUT2D eigenvalue weighted by Gasteiger charge is 2.15. The molecule has 0 saturated heterocycles. The van der Waals surface area contributed by atoms with Crippen molar-refractivity contribution >= 4 is 23.3 Å². The minimum absolute atomic E-state index is 0.0520. The van der Waals surface area contributed by atoms with Crippen molar-refractivity contribution in [3.05, 3.63) is 64.9 Å². The Bertz CT molecular complexity index is 652. The van der Waals surface area contributed by atoms with E-state index in [9.17, 15) is 9.18 Å². The fraction of sp³-hybridized carbons (Fsp3) is 0.235. The molecule has 0 spiro atoms. The van der Waals surface area contributed by atoms with Crippen LogP contribution in [-0.4, -0.2) is 17.7 Å². The molecule has 4 nitrogen and oxygen atoms in total. The maximum absolute atomic E-state index is 13.0. The molecule has 2 rings (SSSR count). The average molecular weight is 337 g/mol. The molecule has 2 aromatic rings. The van der Waals surface area contributed by atoms with Crippen LogP contribution in [0.15, 0.2) is 48.5 Å². The van der Waals surface area contributed by atoms with E-state index in [1.54, 1.807) is 0 Å². The lowest BCUT2D eigenvalue weighted by molar-refractivity contribution is 0.244. The van der Waals surface area contributed by atoms with Crippen LogP contribution in [0.2, 0.25) is 5.02 Å². The molecule has 6 heteroatoms. The lowest BCUT2D eigenvalue weighted by atomic mass is 10.0. The third-order valence-electron chi connectivity index (χ3n) is 3.34. The van der Waals surface area contributed by atoms with Gasteiger partial charge in [-0.05, 0) is 36.6 Å². The molecular weight excluding hydrogens is 319 g/mol. The Balaban J connectivity index is 2.05. The molecule has 122 valence electrons. The summed E-state index contributed by atoms with van der Waals surface area (Å²) in [7, 11) is 0. The van der Waals surface area contributed by atoms with Crippen LogP contribution in [0.25, 0.3) is 0 Å². The number of hydrogen-bond acceptors (Lipinski definition) is 2. The first-order chi connectivity index (χ1) is 11.1. The highest BCUT2D eigenvalue weighted by molar-refractivity contribution is 6.33. The maximum Gasteiger partial charge on any atom is 0.319 e. The third kappa shape index (κ3) is 5.23. The summed E-state index contributed by atoms with van der Waals surface area (Å²) >= 11 is 5.90. The van der Waals surface area contributed by atoms with Gasteiger partial charge in [0.25, 0.3) is 0 Å². The van der Waals surface area contributed by atoms with Crippen LogP contribution >= 0.6 is 11.6 Å². The van der Waals surface area contributed by atoms with Crippen molar-refractivity contribution in [2.75, 3.05) is 11.9 Å². The number of benzene rings is 2. The Morgan fingerprint density at radius 3 is 2.61 bits per heavy atom. The van der Waals surface area contributed by atoms with Crippen LogP contribution in [0.1, 0.15) is 24.4 Å². The van der Waals surface area contributed by atoms with Crippen molar-refractivity contribution in [1.82, 2.24) is 5.32 Å². The van der Waals surface area contributed by atoms with E-state index in [4.69, 9.17) is 16.7 Å². The Kier molecular flexibility index (Phi) is 6.38. The lowest BCUT2D eigenvalue weighted by Crippen LogP contribution is -2.32. The van der Waals surface area contributed by atoms with Crippen LogP contribution in [-0.2, 0) is 0 Å². The molecule has 0 bridgehead atoms. The summed E-state index contributed by atoms with van der Waals surface area (Å²) in [4.78, 5) is 12.2. The molecule has 0 aliphatic rings. The molecule has 1 atom stereocenters. The molecule has 0 radical (unpaired) electrons. The second-order valence-electron chi connectivity index (χ2n) is 5.05. The van der Waals surface area contributed by atoms with E-state index in [0.29, 0.717) is 18.5 Å². The van der Waals surface area contributed by atoms with E-state index >= 15 is 0 Å². The summed E-state index contributed by atoms with van der Waals surface area (Å²) in [5.74, 6) is -0.467. The predicted octanol–water partition coefficient (Wildman–Crippen LogP) is 4.11. The number of nitrogens with one attached hydrogen (secondary N) is 2. The Labute approximate surface area is 139 Å². The molecule has 1 unspecified atom stereocenters. The van der Waals surface area contributed by atoms with E-state index in [2.05, 4.69) is 10.6 Å². The topological polar surface area (TPSA) is 61.4 Å². The van der Waals surface area contributed by atoms with Crippen molar-refractivity contribution < 1.29 is 14.3 Å². The summed E-state index contributed by atoms with van der Waals surface area (Å²) in [6.07, 6.45) is 1.17. The van der Waals surface area contributed by atoms with Crippen molar-refractivity contribution in [2.24, 2.45) is 0 Å². The molecule has 0 heterocycles. The molecule has 3 N–H and O–H groups in total. The number of carbonyl (C=O) groups is 1. The highest BCUT2D eigenvalue weighted by atomic mass is 35.5. The number of hydrogen-bond donors (Lipinski definition) is 3. The highest BCUT2D eigenvalue weighted by Crippen LogP contribution is 2.23. The summed E-state index contributed by atoms with van der Waals surface area (Å²) in [6.45, 7) is 0.0520. The van der Waals surface area contributed by atoms with Gasteiger partial charge in [-0.15, -0.1) is 0 Å². The average Bonchev–Trinajstić information content (AvgIpc) is 2.55. The predicted molar refractivity (Wildman–Crippen MR) is 89.1 cm³/mol. The number of urea groups is 1. The summed E-state index contributed by atoms with van der Waals surface area (Å²) < 4.78 is 13.0. The molecule has 2 aromatic carbocycles. The molecular formula is C17H18ClFN2O2. The first-order valence-corrected chi connectivity index (χ1v) is 7.66. The number of amides is 2. The molecule has 23 heavy (non-hydrogen) atoms. The van der Waals surface area contributed by atoms with E-state index < -0.39 is 11.8 Å². The third-order valence-corrected chi connectivity index (χ3v) is 3.65. The quantitative estimate of drug-likeness (QED) is 0.743. The van der Waals surface area contributed by atoms with Gasteiger partial charge in [0.05, 0.1) is 16.8 Å². The second kappa shape index (κ2) is 8.50. The van der Waals surface area contributed by atoms with E-state index in [1.165, 1.54) is 12.1 Å². The maximum atomic E-state index is 13.0. The van der Waals surface area contributed by atoms with Crippen molar-refractivity contribution in [2.45, 2.75) is 18.9 Å². The molecule has 0 aromatic heterocycles. The van der Waals surface area contributed by atoms with Gasteiger partial charge in [-0.1, -0.05) is 41.9 Å². The number of aliphatic hydroxyl groups is 1. The van der Waals surface area contributed by atoms with Gasteiger partial charge in [0.15, 0.2) is 0 Å². The van der Waals surface area contributed by atoms with Gasteiger partial charge in [0.2, 0.25) is 0 Å². The van der Waals surface area contributed by atoms with Gasteiger partial charge in [-0.3, -0.25) is 0 Å². The Morgan fingerprint density at radius 1 is 1.22 bits per heavy atom. The number of aliphatic hydroxyl groups excluding tert-OH is 1. The number of rotatable bonds is 6. The van der Waals surface area contributed by atoms with Crippen LogP contribution in [0.3, 0.4) is 0 Å². The minimum Gasteiger partial charge on any atom is -0.396 e. The molecule has 0 aliphatic heterocycles. The number of anilines is 1. The zero-order chi connectivity index (χ0) is 16.7. The fourth-order valence-electron chi connectivity index (χ4n) is 2.21. The van der Waals surface area contributed by atoms with Crippen LogP contribution in [0.4, 0.5) is 14.9 Å². The second-order valence-corrected chi connectivity index (χ2v) is 5.46. The summed E-state index contributed by atoms with van der Waals surface area (Å²) in [5, 5.41) is 14.6. The molecule has 2 amide bonds. The molecule has 0 saturated carbocycles. The normalized spacial score (nSPS) is 11.8. The van der Waals surface area contributed by atoms with Crippen molar-refractivity contribution in [1.29, 1.82) is 0 Å². The molecule has 0 fully saturated rings. The lowest BCUT2D eigenvalue weighted by Gasteiger charge is -2.19. The van der Waals surface area contributed by atoms with Gasteiger partial charge in [0.1, 0.15) is 5.82 Å². The van der Waals surface area contributed by atoms with Crippen LogP contribution in [0.5, 0.6) is 0 Å². The molecule has 0 aliphatic carbocycles. The first kappa shape index (κ1) is 17.2. The smallest absolute Gasteiger partial charge is 0.319 e. The van der Waals surface area contributed by atoms with Gasteiger partial charge in [-0.25, -0.2) is 9.18 Å². The SMILES string of the molecule is O=C(Nc1ccc(F)cc1Cl)NC(CCCO)c1ccccc1. The summed E-state index contributed by atoms with van der Waals surface area (Å²) in [5.41, 5.74) is 1.28. The number of halogens is 2. The number of carbonyl (C=O) groups excluding carboxylic acids is 1. The van der Waals surface area contributed by atoms with Crippen molar-refractivity contribution in [3.8, 4) is 0 Å². The van der Waals surface area contributed by atoms with E-state index in [1.807, 2.05) is 30.3 Å². The van der Waals surface area contributed by atoms with Gasteiger partial charge in [0, 0.05) is 6.61 Å². The Morgan fingerprint density at radius 2 is 1.96 bits per heavy atom. The van der Waals surface area contributed by atoms with E-state index in [-0.39, 0.29) is 17.7 Å². The monoisotopic (exact) mass is 336 g/mol. The van der Waals surface area contributed by atoms with E-state index in [0.717, 1.165) is 11.6 Å². The zero-order valence-electron chi connectivity index (χ0n) is 12.4. The van der Waals surface area contributed by atoms with Crippen LogP contribution < -0.4 is 10.6 Å². The van der Waals surface area contributed by atoms with Crippen molar-refractivity contribution in [3.63, 3.8) is 0 Å².